The minimum absolute atomic E-state index is 0.338. The van der Waals surface area contributed by atoms with Crippen molar-refractivity contribution in [2.45, 2.75) is 12.3 Å². The number of para-hydroxylation sites is 1. The summed E-state index contributed by atoms with van der Waals surface area (Å²) in [4.78, 5) is 2.22. The summed E-state index contributed by atoms with van der Waals surface area (Å²) in [5.41, 5.74) is 13.8. The van der Waals surface area contributed by atoms with Crippen LogP contribution in [0.3, 0.4) is 0 Å². The molecule has 0 spiro atoms. The second kappa shape index (κ2) is 16.5. The van der Waals surface area contributed by atoms with Gasteiger partial charge >= 0.3 is 0 Å². The number of furan rings is 1. The van der Waals surface area contributed by atoms with Crippen molar-refractivity contribution in [2.75, 3.05) is 11.9 Å². The first kappa shape index (κ1) is 39.6. The van der Waals surface area contributed by atoms with E-state index in [1.165, 1.54) is 76.8 Å². The molecule has 12 rings (SSSR count). The molecule has 0 unspecified atom stereocenters. The van der Waals surface area contributed by atoms with E-state index >= 15 is 0 Å². The minimum Gasteiger partial charge on any atom is -0.456 e. The standard InChI is InChI=1S/C37H25NO.C26H22/c1-38(27-18-20-34-33-15-6-7-16-36(33)39-37(34)23-27)26-10-8-9-24(21-26)25-17-19-32-30-13-3-2-11-28(30)29-12-4-5-14-31(29)35(32)22-25;1-3-5-13-20(4-2)26(21-14-7-6-8-15-21)24-18-11-9-16-22(24)23-17-10-12-19-25(23)26/h2-23H,1H3;3-19H,2H2,1H3/b;5-3-,20-13+. The van der Waals surface area contributed by atoms with Crippen LogP contribution < -0.4 is 4.90 Å². The van der Waals surface area contributed by atoms with Gasteiger partial charge in [-0.2, -0.15) is 0 Å². The smallest absolute Gasteiger partial charge is 0.137 e. The monoisotopic (exact) mass is 833 g/mol. The first-order valence-electron chi connectivity index (χ1n) is 22.4. The molecule has 0 amide bonds. The van der Waals surface area contributed by atoms with Crippen LogP contribution in [0.25, 0.3) is 76.5 Å². The summed E-state index contributed by atoms with van der Waals surface area (Å²) in [6.07, 6.45) is 8.37. The highest BCUT2D eigenvalue weighted by molar-refractivity contribution is 6.25. The quantitative estimate of drug-likeness (QED) is 0.117. The van der Waals surface area contributed by atoms with Crippen LogP contribution in [0, 0.1) is 0 Å². The van der Waals surface area contributed by atoms with Gasteiger partial charge in [0.05, 0.1) is 5.41 Å². The van der Waals surface area contributed by atoms with Crippen molar-refractivity contribution in [1.29, 1.82) is 0 Å². The zero-order chi connectivity index (χ0) is 43.9. The van der Waals surface area contributed by atoms with Crippen LogP contribution in [0.2, 0.25) is 0 Å². The van der Waals surface area contributed by atoms with Gasteiger partial charge in [-0.1, -0.05) is 201 Å². The van der Waals surface area contributed by atoms with E-state index in [0.717, 1.165) is 33.3 Å². The van der Waals surface area contributed by atoms with E-state index in [1.807, 2.05) is 25.1 Å². The fraction of sp³-hybridized carbons (Fsp3) is 0.0476. The molecule has 0 fully saturated rings. The molecule has 65 heavy (non-hydrogen) atoms. The van der Waals surface area contributed by atoms with E-state index in [1.54, 1.807) is 0 Å². The Morgan fingerprint density at radius 1 is 0.462 bits per heavy atom. The summed E-state index contributed by atoms with van der Waals surface area (Å²) < 4.78 is 6.15. The van der Waals surface area contributed by atoms with Crippen molar-refractivity contribution >= 4 is 65.6 Å². The van der Waals surface area contributed by atoms with Gasteiger partial charge in [-0.25, -0.2) is 0 Å². The van der Waals surface area contributed by atoms with E-state index in [-0.39, 0.29) is 5.41 Å². The average molecular weight is 834 g/mol. The average Bonchev–Trinajstić information content (AvgIpc) is 3.90. The SMILES string of the molecule is C=C/C(=C\C=C/C)C1(c2ccccc2)c2ccccc2-c2ccccc21.CN(c1cccc(-c2ccc3c4ccccc4c4ccccc4c3c2)c1)c1ccc2c(c1)oc1ccccc12. The van der Waals surface area contributed by atoms with E-state index < -0.39 is 0 Å². The number of hydrogen-bond donors (Lipinski definition) is 0. The molecule has 0 aliphatic heterocycles. The highest BCUT2D eigenvalue weighted by Gasteiger charge is 2.46. The van der Waals surface area contributed by atoms with Crippen molar-refractivity contribution < 1.29 is 4.42 Å². The number of benzene rings is 10. The molecule has 0 N–H and O–H groups in total. The molecule has 1 heterocycles. The van der Waals surface area contributed by atoms with Gasteiger partial charge in [0.2, 0.25) is 0 Å². The maximum Gasteiger partial charge on any atom is 0.137 e. The molecule has 1 aromatic heterocycles. The summed E-state index contributed by atoms with van der Waals surface area (Å²) in [5.74, 6) is 0. The summed E-state index contributed by atoms with van der Waals surface area (Å²) in [6, 6.07) is 76.1. The third-order valence-electron chi connectivity index (χ3n) is 13.3. The number of anilines is 2. The Balaban J connectivity index is 0.000000157. The predicted octanol–water partition coefficient (Wildman–Crippen LogP) is 17.2. The van der Waals surface area contributed by atoms with E-state index in [2.05, 4.69) is 237 Å². The van der Waals surface area contributed by atoms with Gasteiger partial charge in [0.15, 0.2) is 0 Å². The van der Waals surface area contributed by atoms with Crippen LogP contribution in [0.4, 0.5) is 11.4 Å². The maximum atomic E-state index is 6.15. The van der Waals surface area contributed by atoms with Gasteiger partial charge in [0, 0.05) is 35.3 Å². The van der Waals surface area contributed by atoms with Crippen molar-refractivity contribution in [2.24, 2.45) is 0 Å². The Hall–Kier alpha value is -8.20. The van der Waals surface area contributed by atoms with Gasteiger partial charge < -0.3 is 9.32 Å². The van der Waals surface area contributed by atoms with Crippen molar-refractivity contribution in [3.05, 3.63) is 265 Å². The topological polar surface area (TPSA) is 16.4 Å². The number of allylic oxidation sites excluding steroid dienone is 5. The molecule has 0 saturated carbocycles. The fourth-order valence-electron chi connectivity index (χ4n) is 10.3. The van der Waals surface area contributed by atoms with Crippen LogP contribution in [0.5, 0.6) is 0 Å². The van der Waals surface area contributed by atoms with Gasteiger partial charge in [0.1, 0.15) is 11.2 Å². The van der Waals surface area contributed by atoms with Crippen LogP contribution in [0.1, 0.15) is 23.6 Å². The highest BCUT2D eigenvalue weighted by atomic mass is 16.3. The molecule has 1 aliphatic carbocycles. The Kier molecular flexibility index (Phi) is 10.1. The lowest BCUT2D eigenvalue weighted by atomic mass is 9.67. The second-order valence-electron chi connectivity index (χ2n) is 16.8. The molecular weight excluding hydrogens is 787 g/mol. The van der Waals surface area contributed by atoms with Gasteiger partial charge in [-0.15, -0.1) is 0 Å². The Labute approximate surface area is 380 Å². The summed E-state index contributed by atoms with van der Waals surface area (Å²) in [6.45, 7) is 6.22. The highest BCUT2D eigenvalue weighted by Crippen LogP contribution is 2.56. The number of hydrogen-bond acceptors (Lipinski definition) is 2. The summed E-state index contributed by atoms with van der Waals surface area (Å²) in [7, 11) is 2.11. The predicted molar refractivity (Wildman–Crippen MR) is 277 cm³/mol. The van der Waals surface area contributed by atoms with Gasteiger partial charge in [-0.3, -0.25) is 0 Å². The third kappa shape index (κ3) is 6.57. The normalized spacial score (nSPS) is 13.0. The number of fused-ring (bicyclic) bond motifs is 12. The van der Waals surface area contributed by atoms with E-state index in [4.69, 9.17) is 4.42 Å². The molecule has 310 valence electrons. The van der Waals surface area contributed by atoms with Gasteiger partial charge in [-0.05, 0) is 120 Å². The molecule has 1 aliphatic rings. The molecule has 10 aromatic carbocycles. The van der Waals surface area contributed by atoms with E-state index in [0.29, 0.717) is 0 Å². The molecule has 2 heteroatoms. The molecule has 0 saturated heterocycles. The molecular formula is C63H47NO. The van der Waals surface area contributed by atoms with Crippen LogP contribution in [0.15, 0.2) is 253 Å². The Morgan fingerprint density at radius 2 is 0.985 bits per heavy atom. The molecule has 0 radical (unpaired) electrons. The first-order valence-corrected chi connectivity index (χ1v) is 22.4. The zero-order valence-electron chi connectivity index (χ0n) is 36.6. The van der Waals surface area contributed by atoms with Crippen molar-refractivity contribution in [1.82, 2.24) is 0 Å². The van der Waals surface area contributed by atoms with Crippen molar-refractivity contribution in [3.63, 3.8) is 0 Å². The van der Waals surface area contributed by atoms with Crippen LogP contribution >= 0.6 is 0 Å². The summed E-state index contributed by atoms with van der Waals surface area (Å²) in [5, 5.41) is 10.1. The molecule has 2 nitrogen and oxygen atoms in total. The minimum atomic E-state index is -0.338. The lowest BCUT2D eigenvalue weighted by molar-refractivity contribution is 0.669. The van der Waals surface area contributed by atoms with Crippen LogP contribution in [-0.4, -0.2) is 7.05 Å². The first-order chi connectivity index (χ1) is 32.1. The Bertz CT molecular complexity index is 3580. The molecule has 11 aromatic rings. The van der Waals surface area contributed by atoms with Crippen molar-refractivity contribution in [3.8, 4) is 22.3 Å². The Morgan fingerprint density at radius 3 is 1.65 bits per heavy atom. The van der Waals surface area contributed by atoms with Crippen LogP contribution in [-0.2, 0) is 5.41 Å². The van der Waals surface area contributed by atoms with E-state index in [9.17, 15) is 0 Å². The zero-order valence-corrected chi connectivity index (χ0v) is 36.6. The fourth-order valence-corrected chi connectivity index (χ4v) is 10.3. The largest absolute Gasteiger partial charge is 0.456 e. The second-order valence-corrected chi connectivity index (χ2v) is 16.8. The van der Waals surface area contributed by atoms with Gasteiger partial charge in [0.25, 0.3) is 0 Å². The molecule has 0 atom stereocenters. The number of nitrogens with zero attached hydrogens (tertiary/aromatic N) is 1. The summed E-state index contributed by atoms with van der Waals surface area (Å²) >= 11 is 0. The number of rotatable bonds is 7. The lowest BCUT2D eigenvalue weighted by Crippen LogP contribution is -2.28. The molecule has 0 bridgehead atoms. The third-order valence-corrected chi connectivity index (χ3v) is 13.3. The lowest BCUT2D eigenvalue weighted by Gasteiger charge is -2.34. The maximum absolute atomic E-state index is 6.15.